The van der Waals surface area contributed by atoms with E-state index >= 15 is 0 Å². The number of nitrogens with one attached hydrogen (secondary N) is 1. The summed E-state index contributed by atoms with van der Waals surface area (Å²) in [6, 6.07) is 36.1. The molecule has 2 heterocycles. The van der Waals surface area contributed by atoms with Crippen LogP contribution in [-0.2, 0) is 18.8 Å². The standard InChI is InChI=1S/C36H37N7O2/c1-3-5-25-43-33(26-27-20-22-28(23-21-27)31-18-12-13-19-32(31)34-38-41-42-39-34)37-35(40-43)36(24-4-2,44-29-14-8-6-9-15-29)45-30-16-10-7-11-17-30/h6-23H,3-5,24-26H2,1-2H3,(H,38,39,41,42). The summed E-state index contributed by atoms with van der Waals surface area (Å²) >= 11 is 0. The molecule has 2 aromatic heterocycles. The molecule has 0 saturated carbocycles. The topological polar surface area (TPSA) is 104 Å². The number of ether oxygens (including phenoxy) is 2. The normalized spacial score (nSPS) is 11.4. The van der Waals surface area contributed by atoms with Gasteiger partial charge >= 0.3 is 5.79 Å². The Morgan fingerprint density at radius 2 is 1.38 bits per heavy atom. The van der Waals surface area contributed by atoms with E-state index in [0.717, 1.165) is 53.9 Å². The fourth-order valence-electron chi connectivity index (χ4n) is 5.37. The lowest BCUT2D eigenvalue weighted by molar-refractivity contribution is -0.135. The first-order valence-electron chi connectivity index (χ1n) is 15.5. The second kappa shape index (κ2) is 14.0. The van der Waals surface area contributed by atoms with Crippen molar-refractivity contribution in [2.24, 2.45) is 0 Å². The van der Waals surface area contributed by atoms with Crippen molar-refractivity contribution in [2.45, 2.75) is 58.3 Å². The van der Waals surface area contributed by atoms with E-state index in [0.29, 0.717) is 36.0 Å². The molecular weight excluding hydrogens is 562 g/mol. The Kier molecular flexibility index (Phi) is 9.24. The summed E-state index contributed by atoms with van der Waals surface area (Å²) in [6.07, 6.45) is 4.03. The van der Waals surface area contributed by atoms with Gasteiger partial charge in [-0.15, -0.1) is 10.2 Å². The summed E-state index contributed by atoms with van der Waals surface area (Å²) in [4.78, 5) is 5.15. The van der Waals surface area contributed by atoms with Crippen LogP contribution in [0, 0.1) is 0 Å². The minimum Gasteiger partial charge on any atom is -0.445 e. The molecule has 0 aliphatic carbocycles. The van der Waals surface area contributed by atoms with Gasteiger partial charge in [0.05, 0.1) is 0 Å². The van der Waals surface area contributed by atoms with Crippen LogP contribution in [-0.4, -0.2) is 35.4 Å². The van der Waals surface area contributed by atoms with Gasteiger partial charge < -0.3 is 9.47 Å². The highest BCUT2D eigenvalue weighted by Gasteiger charge is 2.42. The number of H-pyrrole nitrogens is 1. The minimum absolute atomic E-state index is 0.523. The zero-order chi connectivity index (χ0) is 30.9. The molecule has 9 nitrogen and oxygen atoms in total. The zero-order valence-electron chi connectivity index (χ0n) is 25.6. The van der Waals surface area contributed by atoms with Gasteiger partial charge in [-0.1, -0.05) is 105 Å². The molecule has 4 aromatic carbocycles. The average molecular weight is 600 g/mol. The fourth-order valence-corrected chi connectivity index (χ4v) is 5.37. The first-order valence-corrected chi connectivity index (χ1v) is 15.5. The molecule has 0 unspecified atom stereocenters. The van der Waals surface area contributed by atoms with E-state index in [4.69, 9.17) is 19.6 Å². The molecule has 228 valence electrons. The molecule has 0 aliphatic heterocycles. The molecule has 1 N–H and O–H groups in total. The maximum atomic E-state index is 6.68. The highest BCUT2D eigenvalue weighted by atomic mass is 16.7. The first-order chi connectivity index (χ1) is 22.2. The summed E-state index contributed by atoms with van der Waals surface area (Å²) < 4.78 is 15.4. The summed E-state index contributed by atoms with van der Waals surface area (Å²) in [5.41, 5.74) is 4.21. The molecule has 0 spiro atoms. The average Bonchev–Trinajstić information content (AvgIpc) is 3.76. The SMILES string of the molecule is CCCCn1nc(C(CCC)(Oc2ccccc2)Oc2ccccc2)nc1Cc1ccc(-c2ccccc2-c2nnn[nH]2)cc1. The second-order valence-electron chi connectivity index (χ2n) is 10.9. The summed E-state index contributed by atoms with van der Waals surface area (Å²) in [7, 11) is 0. The quantitative estimate of drug-likeness (QED) is 0.128. The van der Waals surface area contributed by atoms with E-state index in [1.807, 2.05) is 83.5 Å². The Morgan fingerprint density at radius 1 is 0.733 bits per heavy atom. The lowest BCUT2D eigenvalue weighted by atomic mass is 9.98. The third-order valence-electron chi connectivity index (χ3n) is 7.60. The summed E-state index contributed by atoms with van der Waals surface area (Å²) in [5.74, 6) is 2.22. The van der Waals surface area contributed by atoms with Crippen LogP contribution in [0.5, 0.6) is 11.5 Å². The summed E-state index contributed by atoms with van der Waals surface area (Å²) in [5, 5.41) is 19.5. The number of aryl methyl sites for hydroxylation is 1. The van der Waals surface area contributed by atoms with Crippen molar-refractivity contribution in [1.29, 1.82) is 0 Å². The van der Waals surface area contributed by atoms with Crippen LogP contribution in [0.4, 0.5) is 0 Å². The third-order valence-corrected chi connectivity index (χ3v) is 7.60. The van der Waals surface area contributed by atoms with Crippen LogP contribution in [0.2, 0.25) is 0 Å². The number of hydrogen-bond acceptors (Lipinski definition) is 7. The number of nitrogens with zero attached hydrogens (tertiary/aromatic N) is 6. The van der Waals surface area contributed by atoms with Gasteiger partial charge in [-0.2, -0.15) is 0 Å². The molecule has 6 rings (SSSR count). The van der Waals surface area contributed by atoms with E-state index in [-0.39, 0.29) is 0 Å². The van der Waals surface area contributed by atoms with Gasteiger partial charge in [0.1, 0.15) is 17.3 Å². The lowest BCUT2D eigenvalue weighted by Crippen LogP contribution is -2.41. The van der Waals surface area contributed by atoms with Crippen molar-refractivity contribution in [3.63, 3.8) is 0 Å². The van der Waals surface area contributed by atoms with Gasteiger partial charge in [-0.25, -0.2) is 14.8 Å². The highest BCUT2D eigenvalue weighted by molar-refractivity contribution is 5.80. The molecule has 9 heteroatoms. The van der Waals surface area contributed by atoms with Crippen LogP contribution in [0.3, 0.4) is 0 Å². The molecule has 0 saturated heterocycles. The van der Waals surface area contributed by atoms with Gasteiger partial charge in [0, 0.05) is 24.9 Å². The van der Waals surface area contributed by atoms with Crippen molar-refractivity contribution in [3.8, 4) is 34.0 Å². The van der Waals surface area contributed by atoms with Crippen LogP contribution >= 0.6 is 0 Å². The predicted molar refractivity (Wildman–Crippen MR) is 174 cm³/mol. The molecule has 0 atom stereocenters. The molecule has 0 amide bonds. The highest BCUT2D eigenvalue weighted by Crippen LogP contribution is 2.35. The molecular formula is C36H37N7O2. The van der Waals surface area contributed by atoms with Gasteiger partial charge in [-0.05, 0) is 64.2 Å². The number of aromatic amines is 1. The van der Waals surface area contributed by atoms with Crippen molar-refractivity contribution in [2.75, 3.05) is 0 Å². The Balaban J connectivity index is 1.34. The molecule has 6 aromatic rings. The smallest absolute Gasteiger partial charge is 0.314 e. The van der Waals surface area contributed by atoms with E-state index in [1.165, 1.54) is 0 Å². The van der Waals surface area contributed by atoms with Crippen molar-refractivity contribution in [1.82, 2.24) is 35.4 Å². The van der Waals surface area contributed by atoms with E-state index in [2.05, 4.69) is 64.8 Å². The predicted octanol–water partition coefficient (Wildman–Crippen LogP) is 7.63. The van der Waals surface area contributed by atoms with Crippen LogP contribution in [0.25, 0.3) is 22.5 Å². The number of rotatable bonds is 14. The second-order valence-corrected chi connectivity index (χ2v) is 10.9. The third kappa shape index (κ3) is 6.93. The molecule has 0 radical (unpaired) electrons. The molecule has 45 heavy (non-hydrogen) atoms. The van der Waals surface area contributed by atoms with Gasteiger partial charge in [0.2, 0.25) is 5.82 Å². The number of tetrazole rings is 1. The molecule has 0 aliphatic rings. The number of unbranched alkanes of at least 4 members (excludes halogenated alkanes) is 1. The van der Waals surface area contributed by atoms with Crippen LogP contribution < -0.4 is 9.47 Å². The maximum Gasteiger partial charge on any atom is 0.314 e. The van der Waals surface area contributed by atoms with Gasteiger partial charge in [0.15, 0.2) is 5.82 Å². The Morgan fingerprint density at radius 3 is 1.98 bits per heavy atom. The number of para-hydroxylation sites is 2. The maximum absolute atomic E-state index is 6.68. The lowest BCUT2D eigenvalue weighted by Gasteiger charge is -2.32. The van der Waals surface area contributed by atoms with Crippen molar-refractivity contribution in [3.05, 3.63) is 126 Å². The van der Waals surface area contributed by atoms with Crippen molar-refractivity contribution < 1.29 is 9.47 Å². The van der Waals surface area contributed by atoms with E-state index < -0.39 is 5.79 Å². The molecule has 0 fully saturated rings. The molecule has 0 bridgehead atoms. The zero-order valence-corrected chi connectivity index (χ0v) is 25.6. The van der Waals surface area contributed by atoms with Crippen LogP contribution in [0.15, 0.2) is 109 Å². The Bertz CT molecular complexity index is 1730. The van der Waals surface area contributed by atoms with Crippen molar-refractivity contribution >= 4 is 0 Å². The first kappa shape index (κ1) is 29.7. The Labute approximate surface area is 263 Å². The van der Waals surface area contributed by atoms with E-state index in [1.54, 1.807) is 0 Å². The number of aromatic nitrogens is 7. The number of hydrogen-bond donors (Lipinski definition) is 1. The fraction of sp³-hybridized carbons (Fsp3) is 0.250. The largest absolute Gasteiger partial charge is 0.445 e. The Hall–Kier alpha value is -5.31. The summed E-state index contributed by atoms with van der Waals surface area (Å²) in [6.45, 7) is 5.06. The van der Waals surface area contributed by atoms with E-state index in [9.17, 15) is 0 Å². The number of benzene rings is 4. The van der Waals surface area contributed by atoms with Crippen LogP contribution in [0.1, 0.15) is 56.7 Å². The minimum atomic E-state index is -1.20. The van der Waals surface area contributed by atoms with Gasteiger partial charge in [0.25, 0.3) is 0 Å². The monoisotopic (exact) mass is 599 g/mol. The van der Waals surface area contributed by atoms with Gasteiger partial charge in [-0.3, -0.25) is 0 Å².